The zero-order valence-corrected chi connectivity index (χ0v) is 15.5. The number of hydrogen-bond acceptors (Lipinski definition) is 2. The maximum atomic E-state index is 4.57. The molecule has 5 heterocycles. The van der Waals surface area contributed by atoms with E-state index >= 15 is 0 Å². The number of aromatic nitrogens is 2. The Labute approximate surface area is 154 Å². The summed E-state index contributed by atoms with van der Waals surface area (Å²) >= 11 is 0. The van der Waals surface area contributed by atoms with Crippen LogP contribution in [0, 0.1) is 13.8 Å². The Balaban J connectivity index is 1.56. The van der Waals surface area contributed by atoms with Crippen molar-refractivity contribution in [2.24, 2.45) is 0 Å². The molecule has 1 N–H and O–H groups in total. The number of rotatable bonds is 1. The van der Waals surface area contributed by atoms with Gasteiger partial charge >= 0.3 is 0 Å². The number of nitrogens with one attached hydrogen (secondary N) is 1. The number of pyridine rings is 1. The molecule has 0 radical (unpaired) electrons. The summed E-state index contributed by atoms with van der Waals surface area (Å²) in [6.07, 6.45) is 7.04. The van der Waals surface area contributed by atoms with Crippen molar-refractivity contribution in [3.05, 3.63) is 64.1 Å². The molecular formula is C23H25N3. The third-order valence-electron chi connectivity index (χ3n) is 6.83. The first-order chi connectivity index (χ1) is 12.7. The molecular weight excluding hydrogens is 318 g/mol. The van der Waals surface area contributed by atoms with Gasteiger partial charge in [0.15, 0.2) is 0 Å². The standard InChI is InChI=1S/C23H25N3/c1-13-7-16-9-17(15-4-3-14(2)24-11-15)12-26-21-10-18-5-6-20(25-18)22(21)19(8-13)23(16)26/h3-4,7-8,11,17-18,20,25H,5-6,9-10,12H2,1-2H3. The fourth-order valence-corrected chi connectivity index (χ4v) is 5.72. The molecule has 0 aliphatic carbocycles. The van der Waals surface area contributed by atoms with E-state index in [1.807, 2.05) is 0 Å². The van der Waals surface area contributed by atoms with Crippen LogP contribution in [0.4, 0.5) is 0 Å². The van der Waals surface area contributed by atoms with Gasteiger partial charge in [0.1, 0.15) is 0 Å². The molecule has 2 aromatic heterocycles. The molecule has 3 heteroatoms. The number of hydrogen-bond donors (Lipinski definition) is 1. The third-order valence-corrected chi connectivity index (χ3v) is 6.83. The van der Waals surface area contributed by atoms with Gasteiger partial charge in [0, 0.05) is 53.9 Å². The zero-order chi connectivity index (χ0) is 17.4. The number of benzene rings is 1. The lowest BCUT2D eigenvalue weighted by Crippen LogP contribution is -2.33. The molecule has 3 unspecified atom stereocenters. The molecule has 1 saturated heterocycles. The van der Waals surface area contributed by atoms with E-state index in [4.69, 9.17) is 0 Å². The highest BCUT2D eigenvalue weighted by molar-refractivity contribution is 5.90. The van der Waals surface area contributed by atoms with E-state index in [1.54, 1.807) is 11.3 Å². The van der Waals surface area contributed by atoms with E-state index in [9.17, 15) is 0 Å². The molecule has 132 valence electrons. The highest BCUT2D eigenvalue weighted by Crippen LogP contribution is 2.45. The van der Waals surface area contributed by atoms with E-state index in [0.717, 1.165) is 18.7 Å². The lowest BCUT2D eigenvalue weighted by Gasteiger charge is -2.28. The van der Waals surface area contributed by atoms with Gasteiger partial charge in [-0.25, -0.2) is 0 Å². The Bertz CT molecular complexity index is 1030. The van der Waals surface area contributed by atoms with Crippen molar-refractivity contribution in [2.45, 2.75) is 64.1 Å². The van der Waals surface area contributed by atoms with Gasteiger partial charge in [-0.3, -0.25) is 4.98 Å². The van der Waals surface area contributed by atoms with Crippen LogP contribution in [0.5, 0.6) is 0 Å². The summed E-state index contributed by atoms with van der Waals surface area (Å²) in [5, 5.41) is 5.38. The van der Waals surface area contributed by atoms with E-state index < -0.39 is 0 Å². The quantitative estimate of drug-likeness (QED) is 0.712. The van der Waals surface area contributed by atoms with Crippen LogP contribution >= 0.6 is 0 Å². The SMILES string of the molecule is Cc1cc2c3c(c1)c1c(n3CC(c3ccc(C)nc3)C2)CC2CCC1N2. The van der Waals surface area contributed by atoms with Crippen LogP contribution in [0.3, 0.4) is 0 Å². The molecule has 3 aromatic rings. The largest absolute Gasteiger partial charge is 0.343 e. The smallest absolute Gasteiger partial charge is 0.0519 e. The van der Waals surface area contributed by atoms with Crippen LogP contribution in [-0.4, -0.2) is 15.6 Å². The van der Waals surface area contributed by atoms with Gasteiger partial charge < -0.3 is 9.88 Å². The molecule has 6 rings (SSSR count). The Morgan fingerprint density at radius 2 is 2.04 bits per heavy atom. The van der Waals surface area contributed by atoms with Crippen molar-refractivity contribution in [2.75, 3.05) is 0 Å². The minimum atomic E-state index is 0.532. The average Bonchev–Trinajstić information content (AvgIpc) is 3.16. The van der Waals surface area contributed by atoms with Crippen LogP contribution in [0.25, 0.3) is 10.9 Å². The monoisotopic (exact) mass is 343 g/mol. The molecule has 0 spiro atoms. The van der Waals surface area contributed by atoms with Crippen LogP contribution in [0.1, 0.15) is 58.4 Å². The molecule has 3 atom stereocenters. The summed E-state index contributed by atoms with van der Waals surface area (Å²) in [6, 6.07) is 10.5. The van der Waals surface area contributed by atoms with Crippen LogP contribution < -0.4 is 5.32 Å². The van der Waals surface area contributed by atoms with Gasteiger partial charge in [0.2, 0.25) is 0 Å². The molecule has 2 bridgehead atoms. The summed E-state index contributed by atoms with van der Waals surface area (Å²) < 4.78 is 2.68. The Kier molecular flexibility index (Phi) is 3.00. The van der Waals surface area contributed by atoms with Crippen LogP contribution in [0.15, 0.2) is 30.5 Å². The Morgan fingerprint density at radius 1 is 1.12 bits per heavy atom. The first-order valence-corrected chi connectivity index (χ1v) is 10.0. The second kappa shape index (κ2) is 5.20. The van der Waals surface area contributed by atoms with E-state index in [1.165, 1.54) is 46.9 Å². The molecule has 26 heavy (non-hydrogen) atoms. The second-order valence-corrected chi connectivity index (χ2v) is 8.62. The normalized spacial score (nSPS) is 26.3. The molecule has 3 nitrogen and oxygen atoms in total. The minimum Gasteiger partial charge on any atom is -0.343 e. The second-order valence-electron chi connectivity index (χ2n) is 8.62. The molecule has 3 aliphatic heterocycles. The van der Waals surface area contributed by atoms with Gasteiger partial charge in [-0.1, -0.05) is 17.7 Å². The summed E-state index contributed by atoms with van der Waals surface area (Å²) in [5.74, 6) is 0.532. The maximum Gasteiger partial charge on any atom is 0.0519 e. The van der Waals surface area contributed by atoms with E-state index in [-0.39, 0.29) is 0 Å². The van der Waals surface area contributed by atoms with Gasteiger partial charge in [0.25, 0.3) is 0 Å². The average molecular weight is 343 g/mol. The lowest BCUT2D eigenvalue weighted by molar-refractivity contribution is 0.473. The summed E-state index contributed by atoms with van der Waals surface area (Å²) in [6.45, 7) is 5.43. The number of fused-ring (bicyclic) bond motifs is 6. The van der Waals surface area contributed by atoms with Crippen LogP contribution in [-0.2, 0) is 19.4 Å². The van der Waals surface area contributed by atoms with E-state index in [0.29, 0.717) is 18.0 Å². The van der Waals surface area contributed by atoms with Crippen molar-refractivity contribution >= 4 is 10.9 Å². The van der Waals surface area contributed by atoms with Gasteiger partial charge in [0.05, 0.1) is 5.52 Å². The molecule has 0 amide bonds. The summed E-state index contributed by atoms with van der Waals surface area (Å²) in [4.78, 5) is 4.57. The zero-order valence-electron chi connectivity index (χ0n) is 15.5. The molecule has 1 aromatic carbocycles. The van der Waals surface area contributed by atoms with Crippen LogP contribution in [0.2, 0.25) is 0 Å². The number of nitrogens with zero attached hydrogens (tertiary/aromatic N) is 2. The molecule has 3 aliphatic rings. The molecule has 0 saturated carbocycles. The predicted molar refractivity (Wildman–Crippen MR) is 105 cm³/mol. The first-order valence-electron chi connectivity index (χ1n) is 10.0. The first kappa shape index (κ1) is 15.0. The number of aryl methyl sites for hydroxylation is 2. The third kappa shape index (κ3) is 2.01. The summed E-state index contributed by atoms with van der Waals surface area (Å²) in [7, 11) is 0. The summed E-state index contributed by atoms with van der Waals surface area (Å²) in [5.41, 5.74) is 10.2. The van der Waals surface area contributed by atoms with Gasteiger partial charge in [-0.05, 0) is 61.9 Å². The van der Waals surface area contributed by atoms with Crippen molar-refractivity contribution in [3.8, 4) is 0 Å². The Hall–Kier alpha value is -2.13. The van der Waals surface area contributed by atoms with Crippen molar-refractivity contribution < 1.29 is 0 Å². The van der Waals surface area contributed by atoms with E-state index in [2.05, 4.69) is 59.2 Å². The Morgan fingerprint density at radius 3 is 2.88 bits per heavy atom. The minimum absolute atomic E-state index is 0.532. The fourth-order valence-electron chi connectivity index (χ4n) is 5.72. The molecule has 1 fully saturated rings. The van der Waals surface area contributed by atoms with Gasteiger partial charge in [-0.15, -0.1) is 0 Å². The highest BCUT2D eigenvalue weighted by atomic mass is 15.1. The van der Waals surface area contributed by atoms with Crippen molar-refractivity contribution in [1.82, 2.24) is 14.9 Å². The highest BCUT2D eigenvalue weighted by Gasteiger charge is 2.38. The maximum absolute atomic E-state index is 4.57. The van der Waals surface area contributed by atoms with Crippen molar-refractivity contribution in [3.63, 3.8) is 0 Å². The lowest BCUT2D eigenvalue weighted by atomic mass is 9.88. The topological polar surface area (TPSA) is 29.9 Å². The fraction of sp³-hybridized carbons (Fsp3) is 0.435. The van der Waals surface area contributed by atoms with Gasteiger partial charge in [-0.2, -0.15) is 0 Å². The van der Waals surface area contributed by atoms with Crippen molar-refractivity contribution in [1.29, 1.82) is 0 Å². The predicted octanol–water partition coefficient (Wildman–Crippen LogP) is 4.34.